The number of nitrogens with zero attached hydrogens (tertiary/aromatic N) is 3. The first-order chi connectivity index (χ1) is 13.0. The van der Waals surface area contributed by atoms with Crippen LogP contribution in [-0.4, -0.2) is 26.4 Å². The highest BCUT2D eigenvalue weighted by Crippen LogP contribution is 2.23. The number of carbonyl (C=O) groups is 1. The van der Waals surface area contributed by atoms with Gasteiger partial charge in [0.05, 0.1) is 11.4 Å². The summed E-state index contributed by atoms with van der Waals surface area (Å²) in [6.07, 6.45) is 0. The largest absolute Gasteiger partial charge is 0.351 e. The Morgan fingerprint density at radius 2 is 1.89 bits per heavy atom. The number of aromatic nitrogens is 3. The second kappa shape index (κ2) is 8.35. The van der Waals surface area contributed by atoms with Crippen LogP contribution in [0.25, 0.3) is 5.69 Å². The molecule has 0 bridgehead atoms. The Labute approximate surface area is 162 Å². The van der Waals surface area contributed by atoms with Crippen LogP contribution >= 0.6 is 11.8 Å². The first-order valence-corrected chi connectivity index (χ1v) is 9.57. The van der Waals surface area contributed by atoms with Crippen molar-refractivity contribution >= 4 is 17.7 Å². The average molecular weight is 384 g/mol. The third kappa shape index (κ3) is 4.54. The van der Waals surface area contributed by atoms with Crippen molar-refractivity contribution in [1.82, 2.24) is 20.1 Å². The molecule has 0 fully saturated rings. The number of amides is 1. The fourth-order valence-electron chi connectivity index (χ4n) is 2.73. The minimum atomic E-state index is -0.244. The Morgan fingerprint density at radius 1 is 1.11 bits per heavy atom. The smallest absolute Gasteiger partial charge is 0.230 e. The summed E-state index contributed by atoms with van der Waals surface area (Å²) < 4.78 is 15.3. The van der Waals surface area contributed by atoms with E-state index < -0.39 is 0 Å². The van der Waals surface area contributed by atoms with Crippen LogP contribution in [0, 0.1) is 26.6 Å². The zero-order chi connectivity index (χ0) is 19.4. The van der Waals surface area contributed by atoms with Gasteiger partial charge in [-0.25, -0.2) is 4.39 Å². The van der Waals surface area contributed by atoms with Gasteiger partial charge in [0.15, 0.2) is 5.16 Å². The molecule has 3 rings (SSSR count). The number of benzene rings is 2. The molecule has 0 spiro atoms. The number of hydrogen-bond donors (Lipinski definition) is 1. The van der Waals surface area contributed by atoms with E-state index in [0.717, 1.165) is 22.6 Å². The van der Waals surface area contributed by atoms with E-state index in [1.165, 1.54) is 17.8 Å². The van der Waals surface area contributed by atoms with Crippen molar-refractivity contribution in [2.75, 3.05) is 5.75 Å². The SMILES string of the molecule is Cc1cc(CNC(=O)CSc2nnc(C)n2-c2ccccc2C)ccc1F. The van der Waals surface area contributed by atoms with Gasteiger partial charge in [-0.2, -0.15) is 0 Å². The molecular formula is C20H21FN4OS. The Balaban J connectivity index is 1.63. The van der Waals surface area contributed by atoms with Gasteiger partial charge in [0.2, 0.25) is 5.91 Å². The fraction of sp³-hybridized carbons (Fsp3) is 0.250. The number of para-hydroxylation sites is 1. The Hall–Kier alpha value is -2.67. The summed E-state index contributed by atoms with van der Waals surface area (Å²) in [5.41, 5.74) is 3.55. The number of nitrogens with one attached hydrogen (secondary N) is 1. The predicted octanol–water partition coefficient (Wildman–Crippen LogP) is 3.74. The van der Waals surface area contributed by atoms with Gasteiger partial charge in [-0.05, 0) is 49.6 Å². The van der Waals surface area contributed by atoms with Crippen LogP contribution in [-0.2, 0) is 11.3 Å². The molecule has 0 aliphatic heterocycles. The lowest BCUT2D eigenvalue weighted by molar-refractivity contribution is -0.118. The minimum absolute atomic E-state index is 0.112. The number of rotatable bonds is 6. The first kappa shape index (κ1) is 19.1. The van der Waals surface area contributed by atoms with Crippen molar-refractivity contribution in [1.29, 1.82) is 0 Å². The van der Waals surface area contributed by atoms with Gasteiger partial charge in [-0.3, -0.25) is 9.36 Å². The molecule has 5 nitrogen and oxygen atoms in total. The normalized spacial score (nSPS) is 10.8. The molecule has 0 unspecified atom stereocenters. The zero-order valence-electron chi connectivity index (χ0n) is 15.5. The molecule has 1 amide bonds. The van der Waals surface area contributed by atoms with Crippen molar-refractivity contribution in [3.8, 4) is 5.69 Å². The summed E-state index contributed by atoms with van der Waals surface area (Å²) in [6, 6.07) is 12.8. The van der Waals surface area contributed by atoms with Gasteiger partial charge in [-0.1, -0.05) is 42.1 Å². The molecule has 2 aromatic carbocycles. The Bertz CT molecular complexity index is 970. The highest BCUT2D eigenvalue weighted by atomic mass is 32.2. The minimum Gasteiger partial charge on any atom is -0.351 e. The van der Waals surface area contributed by atoms with Crippen LogP contribution in [0.3, 0.4) is 0 Å². The fourth-order valence-corrected chi connectivity index (χ4v) is 3.55. The van der Waals surface area contributed by atoms with Crippen molar-refractivity contribution in [3.05, 3.63) is 70.8 Å². The lowest BCUT2D eigenvalue weighted by Gasteiger charge is -2.11. The van der Waals surface area contributed by atoms with E-state index in [0.29, 0.717) is 17.3 Å². The molecule has 140 valence electrons. The van der Waals surface area contributed by atoms with Crippen molar-refractivity contribution in [2.24, 2.45) is 0 Å². The van der Waals surface area contributed by atoms with E-state index in [-0.39, 0.29) is 17.5 Å². The molecule has 3 aromatic rings. The second-order valence-corrected chi connectivity index (χ2v) is 7.24. The molecule has 0 saturated carbocycles. The van der Waals surface area contributed by atoms with E-state index in [1.807, 2.05) is 42.7 Å². The van der Waals surface area contributed by atoms with E-state index in [9.17, 15) is 9.18 Å². The Kier molecular flexibility index (Phi) is 5.91. The zero-order valence-corrected chi connectivity index (χ0v) is 16.3. The van der Waals surface area contributed by atoms with E-state index in [1.54, 1.807) is 19.1 Å². The first-order valence-electron chi connectivity index (χ1n) is 8.58. The number of thioether (sulfide) groups is 1. The summed E-state index contributed by atoms with van der Waals surface area (Å²) in [6.45, 7) is 5.99. The molecule has 0 aliphatic rings. The van der Waals surface area contributed by atoms with Crippen LogP contribution in [0.4, 0.5) is 4.39 Å². The second-order valence-electron chi connectivity index (χ2n) is 6.30. The predicted molar refractivity (Wildman–Crippen MR) is 105 cm³/mol. The van der Waals surface area contributed by atoms with Gasteiger partial charge in [0.25, 0.3) is 0 Å². The monoisotopic (exact) mass is 384 g/mol. The third-order valence-corrected chi connectivity index (χ3v) is 5.12. The van der Waals surface area contributed by atoms with Crippen molar-refractivity contribution < 1.29 is 9.18 Å². The summed E-state index contributed by atoms with van der Waals surface area (Å²) >= 11 is 1.34. The molecule has 0 saturated heterocycles. The summed E-state index contributed by atoms with van der Waals surface area (Å²) in [5.74, 6) is 0.643. The molecule has 1 aromatic heterocycles. The topological polar surface area (TPSA) is 59.8 Å². The molecule has 0 atom stereocenters. The van der Waals surface area contributed by atoms with E-state index >= 15 is 0 Å². The Morgan fingerprint density at radius 3 is 2.63 bits per heavy atom. The van der Waals surface area contributed by atoms with E-state index in [4.69, 9.17) is 0 Å². The highest BCUT2D eigenvalue weighted by molar-refractivity contribution is 7.99. The average Bonchev–Trinajstić information content (AvgIpc) is 3.02. The van der Waals surface area contributed by atoms with Gasteiger partial charge >= 0.3 is 0 Å². The number of hydrogen-bond acceptors (Lipinski definition) is 4. The summed E-state index contributed by atoms with van der Waals surface area (Å²) in [4.78, 5) is 12.2. The van der Waals surface area contributed by atoms with Crippen LogP contribution in [0.15, 0.2) is 47.6 Å². The van der Waals surface area contributed by atoms with Gasteiger partial charge < -0.3 is 5.32 Å². The quantitative estimate of drug-likeness (QED) is 0.658. The molecule has 7 heteroatoms. The molecule has 0 aliphatic carbocycles. The highest BCUT2D eigenvalue weighted by Gasteiger charge is 2.14. The van der Waals surface area contributed by atoms with Crippen LogP contribution in [0.2, 0.25) is 0 Å². The summed E-state index contributed by atoms with van der Waals surface area (Å²) in [7, 11) is 0. The van der Waals surface area contributed by atoms with E-state index in [2.05, 4.69) is 15.5 Å². The van der Waals surface area contributed by atoms with Crippen molar-refractivity contribution in [2.45, 2.75) is 32.5 Å². The number of aryl methyl sites for hydroxylation is 3. The number of carbonyl (C=O) groups excluding carboxylic acids is 1. The van der Waals surface area contributed by atoms with Crippen molar-refractivity contribution in [3.63, 3.8) is 0 Å². The molecule has 27 heavy (non-hydrogen) atoms. The standard InChI is InChI=1S/C20H21FN4OS/c1-13-6-4-5-7-18(13)25-15(3)23-24-20(25)27-12-19(26)22-11-16-8-9-17(21)14(2)10-16/h4-10H,11-12H2,1-3H3,(H,22,26). The lowest BCUT2D eigenvalue weighted by atomic mass is 10.1. The maximum Gasteiger partial charge on any atom is 0.230 e. The van der Waals surface area contributed by atoms with Gasteiger partial charge in [-0.15, -0.1) is 10.2 Å². The third-order valence-electron chi connectivity index (χ3n) is 4.20. The molecule has 0 radical (unpaired) electrons. The lowest BCUT2D eigenvalue weighted by Crippen LogP contribution is -2.24. The van der Waals surface area contributed by atoms with Crippen LogP contribution in [0.5, 0.6) is 0 Å². The van der Waals surface area contributed by atoms with Crippen LogP contribution in [0.1, 0.15) is 22.5 Å². The van der Waals surface area contributed by atoms with Crippen LogP contribution < -0.4 is 5.32 Å². The summed E-state index contributed by atoms with van der Waals surface area (Å²) in [5, 5.41) is 11.9. The maximum atomic E-state index is 13.3. The molecule has 1 heterocycles. The molecule has 1 N–H and O–H groups in total. The number of halogens is 1. The molecular weight excluding hydrogens is 363 g/mol. The maximum absolute atomic E-state index is 13.3. The van der Waals surface area contributed by atoms with Gasteiger partial charge in [0.1, 0.15) is 11.6 Å². The van der Waals surface area contributed by atoms with Gasteiger partial charge in [0, 0.05) is 6.54 Å².